The lowest BCUT2D eigenvalue weighted by Gasteiger charge is -2.03. The third-order valence-corrected chi connectivity index (χ3v) is 28.3. The number of rotatable bonds is 7. The Labute approximate surface area is 328 Å². The van der Waals surface area contributed by atoms with Crippen molar-refractivity contribution in [2.75, 3.05) is 13.2 Å². The maximum Gasteiger partial charge on any atom is 0.119 e. The zero-order valence-corrected chi connectivity index (χ0v) is 39.2. The lowest BCUT2D eigenvalue weighted by molar-refractivity contribution is 0.317. The van der Waals surface area contributed by atoms with Crippen molar-refractivity contribution in [3.05, 3.63) is 63.0 Å². The molecule has 0 radical (unpaired) electrons. The lowest BCUT2D eigenvalue weighted by Crippen LogP contribution is -1.94. The fraction of sp³-hybridized carbons (Fsp3) is 0.273. The van der Waals surface area contributed by atoms with E-state index >= 15 is 0 Å². The van der Waals surface area contributed by atoms with Gasteiger partial charge in [0.15, 0.2) is 0 Å². The van der Waals surface area contributed by atoms with Gasteiger partial charge in [-0.05, 0) is 92.7 Å². The minimum Gasteiger partial charge on any atom is -0.494 e. The molecule has 0 spiro atoms. The van der Waals surface area contributed by atoms with Gasteiger partial charge in [-0.25, -0.2) is 0 Å². The molecule has 2 aromatic carbocycles. The van der Waals surface area contributed by atoms with Crippen LogP contribution in [0.25, 0.3) is 6.08 Å². The van der Waals surface area contributed by atoms with Crippen LogP contribution in [0.1, 0.15) is 37.8 Å². The van der Waals surface area contributed by atoms with E-state index in [0.717, 1.165) is 52.1 Å². The van der Waals surface area contributed by atoms with Crippen molar-refractivity contribution in [3.8, 4) is 23.8 Å². The number of halogens is 2. The van der Waals surface area contributed by atoms with Crippen molar-refractivity contribution in [3.63, 3.8) is 0 Å². The van der Waals surface area contributed by atoms with Gasteiger partial charge >= 0.3 is 0 Å². The van der Waals surface area contributed by atoms with Crippen LogP contribution in [-0.2, 0) is 160 Å². The Morgan fingerprint density at radius 2 is 1.00 bits per heavy atom. The van der Waals surface area contributed by atoms with Crippen molar-refractivity contribution >= 4 is 198 Å². The van der Waals surface area contributed by atoms with Crippen LogP contribution in [0.4, 0.5) is 0 Å². The SMILES string of the molecule is C#Cc1ccc(OCCC)cc1.CCCOc1ccc(C=C(Br)Br)cc1.S=S=S=S=S=S=S=S.S=S=S=S=S=S=S=S=S. The van der Waals surface area contributed by atoms with Gasteiger partial charge in [0, 0.05) is 166 Å². The molecule has 0 saturated carbocycles. The van der Waals surface area contributed by atoms with Crippen LogP contribution in [0.2, 0.25) is 0 Å². The van der Waals surface area contributed by atoms with Crippen LogP contribution >= 0.6 is 31.9 Å². The first-order chi connectivity index (χ1) is 20.9. The Balaban J connectivity index is 0. The molecule has 0 aliphatic heterocycles. The van der Waals surface area contributed by atoms with E-state index in [1.807, 2.05) is 54.6 Å². The molecule has 0 aromatic heterocycles. The van der Waals surface area contributed by atoms with E-state index < -0.39 is 0 Å². The largest absolute Gasteiger partial charge is 0.494 e. The summed E-state index contributed by atoms with van der Waals surface area (Å²) in [6, 6.07) is 15.5. The molecule has 0 fully saturated rings. The van der Waals surface area contributed by atoms with Gasteiger partial charge in [-0.3, -0.25) is 0 Å². The van der Waals surface area contributed by atoms with Crippen LogP contribution in [-0.4, -0.2) is 13.2 Å². The zero-order valence-electron chi connectivity index (χ0n) is 22.1. The predicted molar refractivity (Wildman–Crippen MR) is 243 cm³/mol. The summed E-state index contributed by atoms with van der Waals surface area (Å²) < 4.78 is 11.8. The number of terminal acetylenes is 1. The Hall–Kier alpha value is 2.04. The highest BCUT2D eigenvalue weighted by Crippen LogP contribution is 2.20. The van der Waals surface area contributed by atoms with Crippen LogP contribution in [0.15, 0.2) is 51.9 Å². The van der Waals surface area contributed by atoms with Crippen LogP contribution in [0.5, 0.6) is 11.5 Å². The van der Waals surface area contributed by atoms with Gasteiger partial charge in [0.1, 0.15) is 11.5 Å². The predicted octanol–water partition coefficient (Wildman–Crippen LogP) is 6.98. The fourth-order valence-electron chi connectivity index (χ4n) is 1.98. The monoisotopic (exact) mass is 1020 g/mol. The highest BCUT2D eigenvalue weighted by Gasteiger charge is 1.93. The molecule has 0 aliphatic carbocycles. The van der Waals surface area contributed by atoms with E-state index in [0.29, 0.717) is 0 Å². The molecule has 43 heavy (non-hydrogen) atoms. The van der Waals surface area contributed by atoms with Crippen LogP contribution < -0.4 is 9.47 Å². The molecule has 2 nitrogen and oxygen atoms in total. The van der Waals surface area contributed by atoms with E-state index in [-0.39, 0.29) is 0 Å². The summed E-state index contributed by atoms with van der Waals surface area (Å²) >= 11 is 25.1. The summed E-state index contributed by atoms with van der Waals surface area (Å²) in [4.78, 5) is 0. The standard InChI is InChI=1S/C11H12Br2O.C11H12O.S9.S8/c1-2-7-14-10-5-3-9(4-6-10)8-11(12)13;1-3-9-12-11-7-5-10(4-2)6-8-11;1-3-5-7-9-8-6-4-2;1-3-5-7-8-6-4-2/h3-6,8H,2,7H2,1H3;2,5-8H,3,9H2,1H3;;. The van der Waals surface area contributed by atoms with Crippen molar-refractivity contribution in [2.45, 2.75) is 26.7 Å². The average Bonchev–Trinajstić information content (AvgIpc) is 3.03. The van der Waals surface area contributed by atoms with E-state index in [2.05, 4.69) is 96.4 Å². The normalized spacial score (nSPS) is 8.26. The molecule has 0 heterocycles. The summed E-state index contributed by atoms with van der Waals surface area (Å²) in [6.45, 7) is 5.71. The Bertz CT molecular complexity index is 1640. The maximum absolute atomic E-state index is 5.47. The minimum atomic E-state index is 0.759. The summed E-state index contributed by atoms with van der Waals surface area (Å²) in [5, 5.41) is 0. The summed E-state index contributed by atoms with van der Waals surface area (Å²) in [5.41, 5.74) is 2.02. The van der Waals surface area contributed by atoms with Gasteiger partial charge in [0.05, 0.1) is 16.6 Å². The van der Waals surface area contributed by atoms with Gasteiger partial charge in [-0.15, -0.1) is 6.42 Å². The molecule has 2 rings (SSSR count). The van der Waals surface area contributed by atoms with Crippen molar-refractivity contribution in [2.24, 2.45) is 0 Å². The molecule has 0 saturated heterocycles. The first-order valence-electron chi connectivity index (χ1n) is 11.0. The van der Waals surface area contributed by atoms with Crippen molar-refractivity contribution in [1.82, 2.24) is 0 Å². The second-order valence-electron chi connectivity index (χ2n) is 6.25. The van der Waals surface area contributed by atoms with Gasteiger partial charge in [-0.2, -0.15) is 0 Å². The number of benzene rings is 2. The van der Waals surface area contributed by atoms with Gasteiger partial charge in [0.25, 0.3) is 0 Å². The smallest absolute Gasteiger partial charge is 0.119 e. The summed E-state index contributed by atoms with van der Waals surface area (Å²) in [6.07, 6.45) is 9.26. The Morgan fingerprint density at radius 1 is 0.651 bits per heavy atom. The third kappa shape index (κ3) is 35.2. The molecule has 2 aromatic rings. The highest BCUT2D eigenvalue weighted by atomic mass is 79.9. The quantitative estimate of drug-likeness (QED) is 0.277. The van der Waals surface area contributed by atoms with E-state index in [1.165, 1.54) is 35.5 Å². The van der Waals surface area contributed by atoms with E-state index in [9.17, 15) is 0 Å². The molecule has 0 atom stereocenters. The van der Waals surface area contributed by atoms with Crippen molar-refractivity contribution < 1.29 is 9.47 Å². The van der Waals surface area contributed by atoms with Crippen LogP contribution in [0, 0.1) is 12.3 Å². The van der Waals surface area contributed by atoms with Gasteiger partial charge in [0.2, 0.25) is 0 Å². The molecule has 0 aliphatic rings. The average molecular weight is 1030 g/mol. The second-order valence-corrected chi connectivity index (χ2v) is 32.0. The Kier molecular flexibility index (Phi) is 42.2. The highest BCUT2D eigenvalue weighted by molar-refractivity contribution is 9.28. The summed E-state index contributed by atoms with van der Waals surface area (Å²) in [7, 11) is 20.0. The first-order valence-corrected chi connectivity index (χ1v) is 32.6. The van der Waals surface area contributed by atoms with Crippen molar-refractivity contribution in [1.29, 1.82) is 0 Å². The van der Waals surface area contributed by atoms with Crippen LogP contribution in [0.3, 0.4) is 0 Å². The fourth-order valence-corrected chi connectivity index (χ4v) is 27.2. The topological polar surface area (TPSA) is 18.5 Å². The molecule has 21 heteroatoms. The third-order valence-electron chi connectivity index (χ3n) is 3.43. The molecule has 0 bridgehead atoms. The number of hydrogen-bond acceptors (Lipinski definition) is 6. The minimum absolute atomic E-state index is 0.759. The molecule has 0 unspecified atom stereocenters. The van der Waals surface area contributed by atoms with Gasteiger partial charge in [-0.1, -0.05) is 31.9 Å². The molecule has 0 amide bonds. The number of ether oxygens (including phenoxy) is 2. The molecule has 240 valence electrons. The van der Waals surface area contributed by atoms with Gasteiger partial charge < -0.3 is 9.47 Å². The van der Waals surface area contributed by atoms with E-state index in [1.54, 1.807) is 79.9 Å². The lowest BCUT2D eigenvalue weighted by atomic mass is 10.2. The first kappa shape index (κ1) is 47.2. The van der Waals surface area contributed by atoms with E-state index in [4.69, 9.17) is 15.9 Å². The second kappa shape index (κ2) is 38.5. The number of hydrogen-bond donors (Lipinski definition) is 0. The molecular formula is C22H24Br2O2S17. The Morgan fingerprint density at radius 3 is 1.30 bits per heavy atom. The summed E-state index contributed by atoms with van der Waals surface area (Å²) in [5.74, 6) is 4.37. The molecular weight excluding hydrogens is 1000 g/mol. The zero-order chi connectivity index (χ0) is 32.4. The maximum atomic E-state index is 5.47. The molecule has 0 N–H and O–H groups in total.